The Hall–Kier alpha value is -1.69. The van der Waals surface area contributed by atoms with Crippen molar-refractivity contribution in [3.63, 3.8) is 0 Å². The van der Waals surface area contributed by atoms with Crippen molar-refractivity contribution in [2.45, 2.75) is 12.0 Å². The predicted octanol–water partition coefficient (Wildman–Crippen LogP) is 1.07. The number of halogens is 1. The number of hydrogen-bond acceptors (Lipinski definition) is 3. The lowest BCUT2D eigenvalue weighted by Crippen LogP contribution is -2.41. The van der Waals surface area contributed by atoms with Crippen LogP contribution in [0.2, 0.25) is 0 Å². The highest BCUT2D eigenvalue weighted by atomic mass is 79.9. The summed E-state index contributed by atoms with van der Waals surface area (Å²) in [4.78, 5) is 35.0. The number of carbonyl (C=O) groups excluding carboxylic acids is 3. The average molecular weight is 295 g/mol. The molecule has 5 nitrogen and oxygen atoms in total. The Balaban J connectivity index is 2.23. The maximum Gasteiger partial charge on any atom is 0.322 e. The van der Waals surface area contributed by atoms with Crippen LogP contribution in [0.4, 0.5) is 4.79 Å². The first-order valence-corrected chi connectivity index (χ1v) is 5.79. The molecular weight excluding hydrogens is 288 g/mol. The van der Waals surface area contributed by atoms with E-state index in [1.165, 1.54) is 0 Å². The summed E-state index contributed by atoms with van der Waals surface area (Å²) in [5, 5.41) is 4.72. The van der Waals surface area contributed by atoms with E-state index in [-0.39, 0.29) is 12.2 Å². The number of nitrogens with one attached hydrogen (secondary N) is 2. The van der Waals surface area contributed by atoms with Crippen LogP contribution in [0.15, 0.2) is 22.7 Å². The van der Waals surface area contributed by atoms with Crippen molar-refractivity contribution in [2.24, 2.45) is 0 Å². The average Bonchev–Trinajstić information content (AvgIpc) is 2.67. The van der Waals surface area contributed by atoms with Gasteiger partial charge in [0.05, 0.1) is 0 Å². The molecule has 86 valence electrons. The van der Waals surface area contributed by atoms with Gasteiger partial charge in [-0.25, -0.2) is 4.79 Å². The largest absolute Gasteiger partial charge is 0.322 e. The van der Waals surface area contributed by atoms with E-state index in [0.717, 1.165) is 4.47 Å². The van der Waals surface area contributed by atoms with Gasteiger partial charge in [-0.1, -0.05) is 22.0 Å². The van der Waals surface area contributed by atoms with E-state index in [9.17, 15) is 14.4 Å². The van der Waals surface area contributed by atoms with Gasteiger partial charge in [0.25, 0.3) is 5.91 Å². The Morgan fingerprint density at radius 1 is 1.24 bits per heavy atom. The third kappa shape index (κ3) is 1.27. The Labute approximate surface area is 105 Å². The number of amides is 3. The summed E-state index contributed by atoms with van der Waals surface area (Å²) in [6.07, 6.45) is -0.0175. The van der Waals surface area contributed by atoms with Crippen molar-refractivity contribution in [3.05, 3.63) is 33.8 Å². The van der Waals surface area contributed by atoms with Crippen molar-refractivity contribution in [1.29, 1.82) is 0 Å². The van der Waals surface area contributed by atoms with Crippen LogP contribution in [0.5, 0.6) is 0 Å². The Kier molecular flexibility index (Phi) is 1.95. The lowest BCUT2D eigenvalue weighted by Gasteiger charge is -2.19. The fourth-order valence-corrected chi connectivity index (χ4v) is 2.72. The topological polar surface area (TPSA) is 75.3 Å². The van der Waals surface area contributed by atoms with Crippen LogP contribution in [0.1, 0.15) is 22.3 Å². The van der Waals surface area contributed by atoms with Crippen LogP contribution >= 0.6 is 15.9 Å². The van der Waals surface area contributed by atoms with Gasteiger partial charge >= 0.3 is 6.03 Å². The second-order valence-electron chi connectivity index (χ2n) is 4.10. The molecule has 0 saturated carbocycles. The van der Waals surface area contributed by atoms with E-state index in [1.807, 2.05) is 0 Å². The van der Waals surface area contributed by atoms with Gasteiger partial charge in [-0.3, -0.25) is 14.9 Å². The zero-order valence-electron chi connectivity index (χ0n) is 8.54. The second kappa shape index (κ2) is 3.16. The lowest BCUT2D eigenvalue weighted by atomic mass is 9.92. The zero-order valence-corrected chi connectivity index (χ0v) is 10.1. The van der Waals surface area contributed by atoms with Gasteiger partial charge in [0.1, 0.15) is 0 Å². The summed E-state index contributed by atoms with van der Waals surface area (Å²) < 4.78 is 0.770. The molecule has 0 radical (unpaired) electrons. The third-order valence-electron chi connectivity index (χ3n) is 3.11. The molecule has 1 atom stereocenters. The molecule has 1 heterocycles. The van der Waals surface area contributed by atoms with E-state index in [0.29, 0.717) is 11.1 Å². The molecule has 1 spiro atoms. The molecule has 1 unspecified atom stereocenters. The van der Waals surface area contributed by atoms with Crippen molar-refractivity contribution >= 4 is 33.7 Å². The molecule has 1 aromatic rings. The summed E-state index contributed by atoms with van der Waals surface area (Å²) in [5.41, 5.74) is -0.157. The molecule has 0 aromatic heterocycles. The van der Waals surface area contributed by atoms with Crippen molar-refractivity contribution in [2.75, 3.05) is 0 Å². The number of fused-ring (bicyclic) bond motifs is 2. The highest BCUT2D eigenvalue weighted by molar-refractivity contribution is 9.10. The van der Waals surface area contributed by atoms with Gasteiger partial charge in [0, 0.05) is 16.5 Å². The molecule has 0 bridgehead atoms. The molecule has 1 saturated heterocycles. The summed E-state index contributed by atoms with van der Waals surface area (Å²) >= 11 is 3.28. The number of urea groups is 1. The number of imide groups is 1. The molecule has 1 aliphatic carbocycles. The molecular formula is C11H7BrN2O3. The quantitative estimate of drug-likeness (QED) is 0.703. The molecule has 1 aromatic carbocycles. The van der Waals surface area contributed by atoms with Crippen LogP contribution in [-0.4, -0.2) is 17.7 Å². The van der Waals surface area contributed by atoms with Gasteiger partial charge in [0.15, 0.2) is 11.3 Å². The summed E-state index contributed by atoms with van der Waals surface area (Å²) in [6.45, 7) is 0. The summed E-state index contributed by atoms with van der Waals surface area (Å²) in [5.74, 6) is -0.601. The number of Topliss-reactive ketones (excluding diaryl/α,β-unsaturated/α-hetero) is 1. The normalized spacial score (nSPS) is 26.1. The van der Waals surface area contributed by atoms with E-state index in [1.54, 1.807) is 18.2 Å². The molecule has 6 heteroatoms. The lowest BCUT2D eigenvalue weighted by molar-refractivity contribution is -0.124. The highest BCUT2D eigenvalue weighted by Gasteiger charge is 2.54. The molecule has 3 amide bonds. The number of hydrogen-bond donors (Lipinski definition) is 2. The maximum absolute atomic E-state index is 11.9. The van der Waals surface area contributed by atoms with Crippen molar-refractivity contribution in [3.8, 4) is 0 Å². The summed E-state index contributed by atoms with van der Waals surface area (Å²) in [7, 11) is 0. The predicted molar refractivity (Wildman–Crippen MR) is 61.4 cm³/mol. The van der Waals surface area contributed by atoms with E-state index >= 15 is 0 Å². The van der Waals surface area contributed by atoms with Crippen LogP contribution in [0, 0.1) is 0 Å². The Bertz CT molecular complexity index is 584. The third-order valence-corrected chi connectivity index (χ3v) is 3.60. The molecule has 1 fully saturated rings. The molecule has 2 aliphatic rings. The van der Waals surface area contributed by atoms with Gasteiger partial charge in [0.2, 0.25) is 0 Å². The molecule has 2 N–H and O–H groups in total. The fourth-order valence-electron chi connectivity index (χ4n) is 2.36. The number of rotatable bonds is 0. The minimum absolute atomic E-state index is 0.0175. The highest BCUT2D eigenvalue weighted by Crippen LogP contribution is 2.39. The first-order chi connectivity index (χ1) is 8.03. The standard InChI is InChI=1S/C11H7BrN2O3/c12-5-1-2-7-6(3-5)8(15)4-11(7)9(16)13-10(17)14-11/h1-3H,4H2,(H2,13,14,16,17). The number of carbonyl (C=O) groups is 3. The molecule has 3 rings (SSSR count). The smallest absolute Gasteiger partial charge is 0.319 e. The first-order valence-electron chi connectivity index (χ1n) is 5.00. The maximum atomic E-state index is 11.9. The Morgan fingerprint density at radius 2 is 2.00 bits per heavy atom. The fraction of sp³-hybridized carbons (Fsp3) is 0.182. The number of benzene rings is 1. The van der Waals surface area contributed by atoms with Gasteiger partial charge in [-0.2, -0.15) is 0 Å². The van der Waals surface area contributed by atoms with Crippen LogP contribution in [0.3, 0.4) is 0 Å². The van der Waals surface area contributed by atoms with Crippen molar-refractivity contribution < 1.29 is 14.4 Å². The van der Waals surface area contributed by atoms with E-state index < -0.39 is 17.5 Å². The van der Waals surface area contributed by atoms with Crippen LogP contribution < -0.4 is 10.6 Å². The minimum Gasteiger partial charge on any atom is -0.319 e. The molecule has 17 heavy (non-hydrogen) atoms. The zero-order chi connectivity index (χ0) is 12.2. The van der Waals surface area contributed by atoms with E-state index in [2.05, 4.69) is 26.6 Å². The minimum atomic E-state index is -1.20. The van der Waals surface area contributed by atoms with Crippen LogP contribution in [0.25, 0.3) is 0 Å². The SMILES string of the molecule is O=C1NC(=O)C2(CC(=O)c3cc(Br)ccc32)N1. The first kappa shape index (κ1) is 10.5. The molecule has 1 aliphatic heterocycles. The monoisotopic (exact) mass is 294 g/mol. The second-order valence-corrected chi connectivity index (χ2v) is 5.02. The number of ketones is 1. The van der Waals surface area contributed by atoms with E-state index in [4.69, 9.17) is 0 Å². The van der Waals surface area contributed by atoms with Crippen LogP contribution in [-0.2, 0) is 10.3 Å². The summed E-state index contributed by atoms with van der Waals surface area (Å²) in [6, 6.07) is 4.55. The van der Waals surface area contributed by atoms with Gasteiger partial charge in [-0.15, -0.1) is 0 Å². The van der Waals surface area contributed by atoms with Gasteiger partial charge in [-0.05, 0) is 17.7 Å². The Morgan fingerprint density at radius 3 is 2.65 bits per heavy atom. The van der Waals surface area contributed by atoms with Crippen molar-refractivity contribution in [1.82, 2.24) is 10.6 Å². The van der Waals surface area contributed by atoms with Gasteiger partial charge < -0.3 is 5.32 Å².